The Kier molecular flexibility index (Phi) is 10.2. The van der Waals surface area contributed by atoms with Crippen molar-refractivity contribution in [3.63, 3.8) is 0 Å². The van der Waals surface area contributed by atoms with Crippen LogP contribution in [0, 0.1) is 0 Å². The van der Waals surface area contributed by atoms with Crippen LogP contribution in [0.1, 0.15) is 72.1 Å². The Morgan fingerprint density at radius 1 is 0.955 bits per heavy atom. The van der Waals surface area contributed by atoms with E-state index in [1.54, 1.807) is 0 Å². The van der Waals surface area contributed by atoms with Crippen molar-refractivity contribution in [3.05, 3.63) is 34.9 Å². The van der Waals surface area contributed by atoms with Gasteiger partial charge in [0.1, 0.15) is 0 Å². The van der Waals surface area contributed by atoms with Crippen LogP contribution in [0.2, 0.25) is 0 Å². The molecule has 22 heavy (non-hydrogen) atoms. The normalized spacial score (nSPS) is 21.3. The zero-order valence-electron chi connectivity index (χ0n) is 14.7. The van der Waals surface area contributed by atoms with Crippen LogP contribution in [-0.4, -0.2) is 24.4 Å². The van der Waals surface area contributed by atoms with Crippen molar-refractivity contribution >= 4 is 0 Å². The second-order valence-electron chi connectivity index (χ2n) is 6.60. The molecular weight excluding hydrogens is 272 g/mol. The fourth-order valence-corrected chi connectivity index (χ4v) is 2.86. The fourth-order valence-electron chi connectivity index (χ4n) is 2.86. The van der Waals surface area contributed by atoms with E-state index in [9.17, 15) is 0 Å². The van der Waals surface area contributed by atoms with Gasteiger partial charge in [0, 0.05) is 6.61 Å². The zero-order valence-corrected chi connectivity index (χ0v) is 14.7. The van der Waals surface area contributed by atoms with Gasteiger partial charge in [-0.05, 0) is 72.1 Å². The van der Waals surface area contributed by atoms with E-state index in [1.165, 1.54) is 36.0 Å². The van der Waals surface area contributed by atoms with E-state index in [0.717, 1.165) is 38.7 Å². The van der Waals surface area contributed by atoms with Crippen LogP contribution in [-0.2, 0) is 4.74 Å². The van der Waals surface area contributed by atoms with Crippen molar-refractivity contribution in [1.29, 1.82) is 0 Å². The number of ether oxygens (including phenoxy) is 1. The van der Waals surface area contributed by atoms with Gasteiger partial charge in [-0.2, -0.15) is 0 Å². The smallest absolute Gasteiger partial charge is 0.0614 e. The minimum absolute atomic E-state index is 0.156. The lowest BCUT2D eigenvalue weighted by Crippen LogP contribution is -2.19. The van der Waals surface area contributed by atoms with E-state index in [-0.39, 0.29) is 6.61 Å². The molecular formula is C20H34O2. The molecule has 0 aromatic rings. The molecule has 0 aromatic carbocycles. The third kappa shape index (κ3) is 9.22. The van der Waals surface area contributed by atoms with Gasteiger partial charge in [0.15, 0.2) is 0 Å². The van der Waals surface area contributed by atoms with Gasteiger partial charge in [-0.25, -0.2) is 0 Å². The second-order valence-corrected chi connectivity index (χ2v) is 6.60. The predicted octanol–water partition coefficient (Wildman–Crippen LogP) is 5.34. The van der Waals surface area contributed by atoms with E-state index >= 15 is 0 Å². The molecule has 0 amide bonds. The highest BCUT2D eigenvalue weighted by Crippen LogP contribution is 2.20. The van der Waals surface area contributed by atoms with Crippen molar-refractivity contribution < 1.29 is 9.84 Å². The zero-order chi connectivity index (χ0) is 16.2. The molecule has 1 N–H and O–H groups in total. The molecule has 0 radical (unpaired) electrons. The van der Waals surface area contributed by atoms with Gasteiger partial charge >= 0.3 is 0 Å². The average Bonchev–Trinajstić information content (AvgIpc) is 2.48. The summed E-state index contributed by atoms with van der Waals surface area (Å²) in [7, 11) is 0. The Morgan fingerprint density at radius 3 is 2.18 bits per heavy atom. The van der Waals surface area contributed by atoms with Gasteiger partial charge in [-0.1, -0.05) is 34.9 Å². The molecule has 1 aliphatic heterocycles. The van der Waals surface area contributed by atoms with Crippen LogP contribution in [0.5, 0.6) is 0 Å². The summed E-state index contributed by atoms with van der Waals surface area (Å²) in [4.78, 5) is 0. The minimum Gasteiger partial charge on any atom is -0.392 e. The maximum atomic E-state index is 8.82. The summed E-state index contributed by atoms with van der Waals surface area (Å²) >= 11 is 0. The van der Waals surface area contributed by atoms with Crippen molar-refractivity contribution in [2.24, 2.45) is 0 Å². The van der Waals surface area contributed by atoms with E-state index in [2.05, 4.69) is 32.9 Å². The maximum absolute atomic E-state index is 8.82. The molecule has 2 nitrogen and oxygen atoms in total. The molecule has 1 saturated heterocycles. The van der Waals surface area contributed by atoms with Crippen LogP contribution in [0.25, 0.3) is 0 Å². The first-order chi connectivity index (χ1) is 10.6. The van der Waals surface area contributed by atoms with Crippen LogP contribution in [0.4, 0.5) is 0 Å². The van der Waals surface area contributed by atoms with Gasteiger partial charge < -0.3 is 9.84 Å². The van der Waals surface area contributed by atoms with Gasteiger partial charge in [0.05, 0.1) is 12.7 Å². The van der Waals surface area contributed by atoms with E-state index in [4.69, 9.17) is 9.84 Å². The SMILES string of the molecule is CC(=CCO)CCC=C(C)CCC=C(C)CC1CCCCO1. The summed E-state index contributed by atoms with van der Waals surface area (Å²) in [6, 6.07) is 0. The minimum atomic E-state index is 0.156. The predicted molar refractivity (Wildman–Crippen MR) is 95.0 cm³/mol. The van der Waals surface area contributed by atoms with Gasteiger partial charge in [0.2, 0.25) is 0 Å². The number of aliphatic hydroxyl groups excluding tert-OH is 1. The summed E-state index contributed by atoms with van der Waals surface area (Å²) in [6.45, 7) is 7.64. The number of aliphatic hydroxyl groups is 1. The van der Waals surface area contributed by atoms with Crippen LogP contribution in [0.15, 0.2) is 34.9 Å². The lowest BCUT2D eigenvalue weighted by atomic mass is 10.0. The highest BCUT2D eigenvalue weighted by atomic mass is 16.5. The largest absolute Gasteiger partial charge is 0.392 e. The summed E-state index contributed by atoms with van der Waals surface area (Å²) in [5.41, 5.74) is 4.21. The molecule has 1 atom stereocenters. The summed E-state index contributed by atoms with van der Waals surface area (Å²) in [6.07, 6.45) is 16.4. The Labute approximate surface area is 137 Å². The third-order valence-electron chi connectivity index (χ3n) is 4.33. The number of hydrogen-bond acceptors (Lipinski definition) is 2. The maximum Gasteiger partial charge on any atom is 0.0614 e. The third-order valence-corrected chi connectivity index (χ3v) is 4.33. The topological polar surface area (TPSA) is 29.5 Å². The Bertz CT molecular complexity index is 385. The molecule has 0 saturated carbocycles. The molecule has 0 aliphatic carbocycles. The lowest BCUT2D eigenvalue weighted by Gasteiger charge is -2.22. The molecule has 2 heteroatoms. The first kappa shape index (κ1) is 19.2. The van der Waals surface area contributed by atoms with Crippen molar-refractivity contribution in [2.75, 3.05) is 13.2 Å². The summed E-state index contributed by atoms with van der Waals surface area (Å²) < 4.78 is 5.80. The molecule has 1 aliphatic rings. The Hall–Kier alpha value is -0.860. The van der Waals surface area contributed by atoms with Gasteiger partial charge in [0.25, 0.3) is 0 Å². The van der Waals surface area contributed by atoms with E-state index in [0.29, 0.717) is 6.10 Å². The van der Waals surface area contributed by atoms with Crippen molar-refractivity contribution in [3.8, 4) is 0 Å². The summed E-state index contributed by atoms with van der Waals surface area (Å²) in [5.74, 6) is 0. The molecule has 0 spiro atoms. The van der Waals surface area contributed by atoms with Crippen molar-refractivity contribution in [2.45, 2.75) is 78.2 Å². The second kappa shape index (κ2) is 11.7. The molecule has 0 aromatic heterocycles. The van der Waals surface area contributed by atoms with Crippen LogP contribution < -0.4 is 0 Å². The van der Waals surface area contributed by atoms with Gasteiger partial charge in [-0.3, -0.25) is 0 Å². The van der Waals surface area contributed by atoms with Crippen LogP contribution in [0.3, 0.4) is 0 Å². The first-order valence-corrected chi connectivity index (χ1v) is 8.81. The summed E-state index contributed by atoms with van der Waals surface area (Å²) in [5, 5.41) is 8.82. The molecule has 1 heterocycles. The molecule has 1 unspecified atom stereocenters. The standard InChI is InChI=1S/C20H34O2/c1-17(8-6-10-18(2)13-14-21)9-7-11-19(3)16-20-12-4-5-15-22-20/h8,11,13,20-21H,4-7,9-10,12,14-16H2,1-3H3. The van der Waals surface area contributed by atoms with E-state index < -0.39 is 0 Å². The molecule has 126 valence electrons. The van der Waals surface area contributed by atoms with Crippen molar-refractivity contribution in [1.82, 2.24) is 0 Å². The van der Waals surface area contributed by atoms with E-state index in [1.807, 2.05) is 6.08 Å². The number of hydrogen-bond donors (Lipinski definition) is 1. The Morgan fingerprint density at radius 2 is 1.59 bits per heavy atom. The average molecular weight is 306 g/mol. The first-order valence-electron chi connectivity index (χ1n) is 8.81. The molecule has 0 bridgehead atoms. The fraction of sp³-hybridized carbons (Fsp3) is 0.700. The quantitative estimate of drug-likeness (QED) is 0.583. The highest BCUT2D eigenvalue weighted by molar-refractivity contribution is 5.06. The number of rotatable bonds is 9. The van der Waals surface area contributed by atoms with Gasteiger partial charge in [-0.15, -0.1) is 0 Å². The molecule has 1 fully saturated rings. The molecule has 1 rings (SSSR count). The highest BCUT2D eigenvalue weighted by Gasteiger charge is 2.13. The van der Waals surface area contributed by atoms with Crippen LogP contribution >= 0.6 is 0 Å². The Balaban J connectivity index is 2.20. The number of allylic oxidation sites excluding steroid dienone is 4. The lowest BCUT2D eigenvalue weighted by molar-refractivity contribution is 0.0168. The monoisotopic (exact) mass is 306 g/mol.